The first kappa shape index (κ1) is 14.8. The minimum absolute atomic E-state index is 0.183. The highest BCUT2D eigenvalue weighted by molar-refractivity contribution is 6.01. The molecule has 0 radical (unpaired) electrons. The van der Waals surface area contributed by atoms with Crippen molar-refractivity contribution in [2.24, 2.45) is 11.3 Å². The molecule has 1 aromatic rings. The van der Waals surface area contributed by atoms with E-state index in [1.165, 1.54) is 36.0 Å². The van der Waals surface area contributed by atoms with Crippen LogP contribution in [0.1, 0.15) is 80.4 Å². The highest BCUT2D eigenvalue weighted by Crippen LogP contribution is 2.57. The Balaban J connectivity index is 2.24. The smallest absolute Gasteiger partial charge is 0.163 e. The number of benzene rings is 1. The molecule has 2 aliphatic carbocycles. The average Bonchev–Trinajstić information content (AvgIpc) is 2.41. The van der Waals surface area contributed by atoms with E-state index in [0.717, 1.165) is 18.4 Å². The van der Waals surface area contributed by atoms with E-state index in [4.69, 9.17) is 0 Å². The number of carbonyl (C=O) groups is 1. The highest BCUT2D eigenvalue weighted by Gasteiger charge is 2.52. The molecule has 1 aromatic carbocycles. The number of fused-ring (bicyclic) bond motifs is 3. The van der Waals surface area contributed by atoms with Crippen LogP contribution in [0.2, 0.25) is 0 Å². The summed E-state index contributed by atoms with van der Waals surface area (Å²) < 4.78 is 0. The maximum absolute atomic E-state index is 12.9. The van der Waals surface area contributed by atoms with Gasteiger partial charge in [0.05, 0.1) is 0 Å². The van der Waals surface area contributed by atoms with Crippen molar-refractivity contribution >= 4 is 5.78 Å². The fraction of sp³-hybridized carbons (Fsp3) is 0.650. The molecule has 3 rings (SSSR count). The zero-order chi connectivity index (χ0) is 15.4. The average molecular weight is 284 g/mol. The van der Waals surface area contributed by atoms with Gasteiger partial charge in [-0.15, -0.1) is 0 Å². The maximum Gasteiger partial charge on any atom is 0.163 e. The Kier molecular flexibility index (Phi) is 3.31. The van der Waals surface area contributed by atoms with Gasteiger partial charge < -0.3 is 0 Å². The van der Waals surface area contributed by atoms with Crippen molar-refractivity contribution in [2.75, 3.05) is 0 Å². The summed E-state index contributed by atoms with van der Waals surface area (Å²) in [5, 5.41) is 0. The third-order valence-corrected chi connectivity index (χ3v) is 6.41. The number of ketones is 1. The molecule has 0 amide bonds. The monoisotopic (exact) mass is 284 g/mol. The molecule has 1 heteroatoms. The molecular weight excluding hydrogens is 256 g/mol. The zero-order valence-electron chi connectivity index (χ0n) is 14.2. The van der Waals surface area contributed by atoms with Crippen LogP contribution in [-0.4, -0.2) is 5.78 Å². The van der Waals surface area contributed by atoms with Gasteiger partial charge in [0.1, 0.15) is 0 Å². The summed E-state index contributed by atoms with van der Waals surface area (Å²) in [6, 6.07) is 4.50. The highest BCUT2D eigenvalue weighted by atomic mass is 16.1. The molecule has 0 unspecified atom stereocenters. The number of Topliss-reactive ketones (excluding diaryl/α,β-unsaturated/α-hetero) is 1. The first-order valence-electron chi connectivity index (χ1n) is 8.47. The Morgan fingerprint density at radius 2 is 1.90 bits per heavy atom. The summed E-state index contributed by atoms with van der Waals surface area (Å²) >= 11 is 0. The molecule has 0 heterocycles. The Hall–Kier alpha value is -1.11. The standard InChI is InChI=1S/C20H28O/c1-6-14-13(2)8-9-15-18(14)16(21)12-17-19(3,4)10-7-11-20(15,17)5/h8-9,17H,6-7,10-12H2,1-5H3/t17-,20+/m0/s1. The van der Waals surface area contributed by atoms with Crippen LogP contribution in [0.4, 0.5) is 0 Å². The molecule has 21 heavy (non-hydrogen) atoms. The third-order valence-electron chi connectivity index (χ3n) is 6.41. The second-order valence-electron chi connectivity index (χ2n) is 8.08. The number of rotatable bonds is 1. The molecule has 114 valence electrons. The Morgan fingerprint density at radius 1 is 1.19 bits per heavy atom. The van der Waals surface area contributed by atoms with Gasteiger partial charge in [0.2, 0.25) is 0 Å². The number of hydrogen-bond donors (Lipinski definition) is 0. The minimum Gasteiger partial charge on any atom is -0.294 e. The van der Waals surface area contributed by atoms with E-state index in [2.05, 4.69) is 46.8 Å². The molecular formula is C20H28O. The second kappa shape index (κ2) is 4.69. The molecule has 0 bridgehead atoms. The van der Waals surface area contributed by atoms with Gasteiger partial charge in [0.15, 0.2) is 5.78 Å². The molecule has 0 aliphatic heterocycles. The zero-order valence-corrected chi connectivity index (χ0v) is 14.2. The fourth-order valence-corrected chi connectivity index (χ4v) is 5.24. The van der Waals surface area contributed by atoms with Crippen LogP contribution >= 0.6 is 0 Å². The van der Waals surface area contributed by atoms with Crippen LogP contribution in [0.15, 0.2) is 12.1 Å². The molecule has 0 N–H and O–H groups in total. The number of carbonyl (C=O) groups excluding carboxylic acids is 1. The van der Waals surface area contributed by atoms with Crippen molar-refractivity contribution in [1.29, 1.82) is 0 Å². The first-order chi connectivity index (χ1) is 9.81. The molecule has 1 fully saturated rings. The summed E-state index contributed by atoms with van der Waals surface area (Å²) in [7, 11) is 0. The van der Waals surface area contributed by atoms with Crippen LogP contribution in [0, 0.1) is 18.3 Å². The van der Waals surface area contributed by atoms with Crippen LogP contribution < -0.4 is 0 Å². The SMILES string of the molecule is CCc1c(C)ccc2c1C(=O)C[C@H]1C(C)(C)CCC[C@]21C. The Labute approximate surface area is 129 Å². The predicted octanol–water partition coefficient (Wildman–Crippen LogP) is 5.23. The lowest BCUT2D eigenvalue weighted by molar-refractivity contribution is 0.0367. The van der Waals surface area contributed by atoms with Gasteiger partial charge in [-0.25, -0.2) is 0 Å². The van der Waals surface area contributed by atoms with E-state index in [9.17, 15) is 4.79 Å². The quantitative estimate of drug-likeness (QED) is 0.690. The van der Waals surface area contributed by atoms with E-state index in [0.29, 0.717) is 11.7 Å². The van der Waals surface area contributed by atoms with E-state index in [-0.39, 0.29) is 10.8 Å². The molecule has 0 saturated heterocycles. The van der Waals surface area contributed by atoms with Crippen molar-refractivity contribution in [3.05, 3.63) is 34.4 Å². The lowest BCUT2D eigenvalue weighted by atomic mass is 9.50. The van der Waals surface area contributed by atoms with E-state index in [1.807, 2.05) is 0 Å². The van der Waals surface area contributed by atoms with Gasteiger partial charge in [-0.2, -0.15) is 0 Å². The molecule has 1 saturated carbocycles. The van der Waals surface area contributed by atoms with Gasteiger partial charge in [0.25, 0.3) is 0 Å². The largest absolute Gasteiger partial charge is 0.294 e. The normalized spacial score (nSPS) is 30.7. The lowest BCUT2D eigenvalue weighted by Gasteiger charge is -2.54. The number of aryl methyl sites for hydroxylation is 1. The molecule has 2 atom stereocenters. The second-order valence-corrected chi connectivity index (χ2v) is 8.08. The summed E-state index contributed by atoms with van der Waals surface area (Å²) in [6.07, 6.45) is 5.47. The van der Waals surface area contributed by atoms with Crippen molar-refractivity contribution in [3.63, 3.8) is 0 Å². The first-order valence-corrected chi connectivity index (χ1v) is 8.47. The van der Waals surface area contributed by atoms with E-state index < -0.39 is 0 Å². The Morgan fingerprint density at radius 3 is 2.57 bits per heavy atom. The third kappa shape index (κ3) is 2.00. The van der Waals surface area contributed by atoms with Crippen LogP contribution in [0.3, 0.4) is 0 Å². The van der Waals surface area contributed by atoms with E-state index in [1.54, 1.807) is 0 Å². The van der Waals surface area contributed by atoms with Gasteiger partial charge >= 0.3 is 0 Å². The van der Waals surface area contributed by atoms with Crippen molar-refractivity contribution in [3.8, 4) is 0 Å². The maximum atomic E-state index is 12.9. The molecule has 1 nitrogen and oxygen atoms in total. The van der Waals surface area contributed by atoms with Crippen LogP contribution in [-0.2, 0) is 11.8 Å². The molecule has 0 aromatic heterocycles. The van der Waals surface area contributed by atoms with Crippen molar-refractivity contribution in [1.82, 2.24) is 0 Å². The number of hydrogen-bond acceptors (Lipinski definition) is 1. The fourth-order valence-electron chi connectivity index (χ4n) is 5.24. The lowest BCUT2D eigenvalue weighted by Crippen LogP contribution is -2.49. The van der Waals surface area contributed by atoms with Gasteiger partial charge in [0, 0.05) is 12.0 Å². The summed E-state index contributed by atoms with van der Waals surface area (Å²) in [4.78, 5) is 12.9. The van der Waals surface area contributed by atoms with Crippen LogP contribution in [0.5, 0.6) is 0 Å². The summed E-state index contributed by atoms with van der Waals surface area (Å²) in [5.74, 6) is 0.883. The molecule has 0 spiro atoms. The summed E-state index contributed by atoms with van der Waals surface area (Å²) in [6.45, 7) is 11.5. The van der Waals surface area contributed by atoms with Crippen LogP contribution in [0.25, 0.3) is 0 Å². The molecule has 2 aliphatic rings. The van der Waals surface area contributed by atoms with Gasteiger partial charge in [-0.3, -0.25) is 4.79 Å². The summed E-state index contributed by atoms with van der Waals surface area (Å²) in [5.41, 5.74) is 5.45. The minimum atomic E-state index is 0.183. The van der Waals surface area contributed by atoms with Gasteiger partial charge in [-0.1, -0.05) is 46.2 Å². The van der Waals surface area contributed by atoms with Crippen molar-refractivity contribution in [2.45, 2.75) is 72.1 Å². The topological polar surface area (TPSA) is 17.1 Å². The van der Waals surface area contributed by atoms with Crippen molar-refractivity contribution < 1.29 is 4.79 Å². The Bertz CT molecular complexity index is 596. The van der Waals surface area contributed by atoms with E-state index >= 15 is 0 Å². The predicted molar refractivity (Wildman–Crippen MR) is 88.0 cm³/mol. The van der Waals surface area contributed by atoms with Gasteiger partial charge in [-0.05, 0) is 59.6 Å².